The van der Waals surface area contributed by atoms with Crippen LogP contribution >= 0.6 is 0 Å². The highest BCUT2D eigenvalue weighted by atomic mass is 16.1. The van der Waals surface area contributed by atoms with Crippen molar-refractivity contribution in [2.75, 3.05) is 5.73 Å². The second-order valence-electron chi connectivity index (χ2n) is 4.69. The maximum Gasteiger partial charge on any atom is 0.280 e. The average Bonchev–Trinajstić information content (AvgIpc) is 2.85. The van der Waals surface area contributed by atoms with Gasteiger partial charge in [-0.2, -0.15) is 4.98 Å². The van der Waals surface area contributed by atoms with Gasteiger partial charge in [0, 0.05) is 0 Å². The van der Waals surface area contributed by atoms with Crippen molar-refractivity contribution < 1.29 is 0 Å². The van der Waals surface area contributed by atoms with Gasteiger partial charge < -0.3 is 10.3 Å². The van der Waals surface area contributed by atoms with Gasteiger partial charge in [-0.15, -0.1) is 0 Å². The third-order valence-electron chi connectivity index (χ3n) is 3.24. The molecule has 6 heteroatoms. The van der Waals surface area contributed by atoms with Crippen LogP contribution in [0.2, 0.25) is 0 Å². The second kappa shape index (κ2) is 5.24. The second-order valence-corrected chi connectivity index (χ2v) is 4.69. The maximum absolute atomic E-state index is 11.8. The monoisotopic (exact) mass is 281 g/mol. The van der Waals surface area contributed by atoms with Crippen LogP contribution in [0.15, 0.2) is 41.5 Å². The van der Waals surface area contributed by atoms with E-state index < -0.39 is 0 Å². The van der Waals surface area contributed by atoms with Gasteiger partial charge >= 0.3 is 0 Å². The zero-order valence-electron chi connectivity index (χ0n) is 11.6. The van der Waals surface area contributed by atoms with Crippen molar-refractivity contribution in [1.29, 1.82) is 0 Å². The fourth-order valence-electron chi connectivity index (χ4n) is 2.29. The van der Waals surface area contributed by atoms with Gasteiger partial charge in [0.2, 0.25) is 5.95 Å². The quantitative estimate of drug-likeness (QED) is 0.765. The number of rotatable bonds is 3. The molecule has 1 aromatic carbocycles. The number of fused-ring (bicyclic) bond motifs is 1. The molecule has 0 unspecified atom stereocenters. The fraction of sp³-hybridized carbons (Fsp3) is 0.133. The highest BCUT2D eigenvalue weighted by Crippen LogP contribution is 2.15. The Balaban J connectivity index is 2.09. The van der Waals surface area contributed by atoms with E-state index in [0.717, 1.165) is 11.1 Å². The molecule has 3 aromatic rings. The van der Waals surface area contributed by atoms with E-state index in [1.807, 2.05) is 47.9 Å². The molecule has 0 spiro atoms. The Morgan fingerprint density at radius 1 is 1.38 bits per heavy atom. The van der Waals surface area contributed by atoms with E-state index in [-0.39, 0.29) is 11.5 Å². The number of benzene rings is 1. The van der Waals surface area contributed by atoms with E-state index in [9.17, 15) is 4.79 Å². The third kappa shape index (κ3) is 2.43. The van der Waals surface area contributed by atoms with Crippen LogP contribution in [-0.2, 0) is 6.54 Å². The van der Waals surface area contributed by atoms with Gasteiger partial charge in [-0.1, -0.05) is 36.4 Å². The van der Waals surface area contributed by atoms with Crippen LogP contribution in [-0.4, -0.2) is 19.5 Å². The van der Waals surface area contributed by atoms with Gasteiger partial charge in [-0.25, -0.2) is 4.98 Å². The largest absolute Gasteiger partial charge is 0.369 e. The standard InChI is InChI=1S/C15H15N5O/c1-2-5-10-6-3-4-7-11(10)8-20-9-17-12-13(20)18-15(16)19-14(12)21/h2-7,9H,8H2,1H3,(H3,16,18,19,21). The van der Waals surface area contributed by atoms with Crippen molar-refractivity contribution in [3.05, 3.63) is 58.1 Å². The number of aromatic amines is 1. The Morgan fingerprint density at radius 2 is 2.19 bits per heavy atom. The van der Waals surface area contributed by atoms with Crippen molar-refractivity contribution >= 4 is 23.2 Å². The molecule has 0 amide bonds. The number of nitrogens with one attached hydrogen (secondary N) is 1. The molecule has 2 heterocycles. The number of imidazole rings is 1. The van der Waals surface area contributed by atoms with Crippen molar-refractivity contribution in [3.63, 3.8) is 0 Å². The summed E-state index contributed by atoms with van der Waals surface area (Å²) in [4.78, 5) is 22.5. The van der Waals surface area contributed by atoms with Crippen LogP contribution in [0.4, 0.5) is 5.95 Å². The van der Waals surface area contributed by atoms with Gasteiger partial charge in [0.05, 0.1) is 12.9 Å². The molecular weight excluding hydrogens is 266 g/mol. The highest BCUT2D eigenvalue weighted by Gasteiger charge is 2.10. The number of hydrogen-bond acceptors (Lipinski definition) is 4. The molecule has 0 aliphatic rings. The van der Waals surface area contributed by atoms with Gasteiger partial charge in [-0.3, -0.25) is 9.78 Å². The lowest BCUT2D eigenvalue weighted by Crippen LogP contribution is -2.12. The number of anilines is 1. The molecule has 0 aliphatic carbocycles. The van der Waals surface area contributed by atoms with Gasteiger partial charge in [0.15, 0.2) is 11.2 Å². The van der Waals surface area contributed by atoms with E-state index in [4.69, 9.17) is 5.73 Å². The van der Waals surface area contributed by atoms with Crippen LogP contribution in [0, 0.1) is 0 Å². The molecular formula is C15H15N5O. The van der Waals surface area contributed by atoms with Gasteiger partial charge in [-0.05, 0) is 18.1 Å². The Bertz CT molecular complexity index is 875. The summed E-state index contributed by atoms with van der Waals surface area (Å²) in [5.74, 6) is 0.0935. The normalized spacial score (nSPS) is 11.5. The molecule has 21 heavy (non-hydrogen) atoms. The van der Waals surface area contributed by atoms with Crippen LogP contribution < -0.4 is 11.3 Å². The highest BCUT2D eigenvalue weighted by molar-refractivity contribution is 5.70. The maximum atomic E-state index is 11.8. The number of aromatic nitrogens is 4. The van der Waals surface area contributed by atoms with Crippen LogP contribution in [0.3, 0.4) is 0 Å². The number of nitrogen functional groups attached to an aromatic ring is 1. The molecule has 0 radical (unpaired) electrons. The minimum absolute atomic E-state index is 0.0935. The van der Waals surface area contributed by atoms with E-state index in [2.05, 4.69) is 15.0 Å². The summed E-state index contributed by atoms with van der Waals surface area (Å²) in [5, 5.41) is 0. The minimum Gasteiger partial charge on any atom is -0.369 e. The summed E-state index contributed by atoms with van der Waals surface area (Å²) in [6.07, 6.45) is 5.65. The molecule has 0 atom stereocenters. The molecule has 0 aliphatic heterocycles. The first kappa shape index (κ1) is 13.1. The van der Waals surface area contributed by atoms with E-state index >= 15 is 0 Å². The zero-order chi connectivity index (χ0) is 14.8. The van der Waals surface area contributed by atoms with E-state index in [1.54, 1.807) is 6.33 Å². The summed E-state index contributed by atoms with van der Waals surface area (Å²) < 4.78 is 1.82. The first-order chi connectivity index (χ1) is 10.2. The van der Waals surface area contributed by atoms with E-state index in [0.29, 0.717) is 17.7 Å². The molecule has 3 N–H and O–H groups in total. The van der Waals surface area contributed by atoms with Crippen LogP contribution in [0.1, 0.15) is 18.1 Å². The number of H-pyrrole nitrogens is 1. The number of nitrogens with two attached hydrogens (primary N) is 1. The molecule has 0 fully saturated rings. The summed E-state index contributed by atoms with van der Waals surface area (Å²) in [6.45, 7) is 2.55. The summed E-state index contributed by atoms with van der Waals surface area (Å²) in [5.41, 5.74) is 8.32. The lowest BCUT2D eigenvalue weighted by atomic mass is 10.1. The smallest absolute Gasteiger partial charge is 0.280 e. The van der Waals surface area contributed by atoms with Gasteiger partial charge in [0.25, 0.3) is 5.56 Å². The van der Waals surface area contributed by atoms with Crippen molar-refractivity contribution in [3.8, 4) is 0 Å². The molecule has 6 nitrogen and oxygen atoms in total. The molecule has 3 rings (SSSR count). The lowest BCUT2D eigenvalue weighted by molar-refractivity contribution is 0.812. The van der Waals surface area contributed by atoms with Crippen LogP contribution in [0.25, 0.3) is 17.2 Å². The third-order valence-corrected chi connectivity index (χ3v) is 3.24. The minimum atomic E-state index is -0.321. The summed E-state index contributed by atoms with van der Waals surface area (Å²) in [7, 11) is 0. The Morgan fingerprint density at radius 3 is 3.00 bits per heavy atom. The lowest BCUT2D eigenvalue weighted by Gasteiger charge is -2.07. The molecule has 0 saturated heterocycles. The SMILES string of the molecule is CC=Cc1ccccc1Cn1cnc2c(=O)[nH]c(N)nc21. The molecule has 106 valence electrons. The van der Waals surface area contributed by atoms with Crippen molar-refractivity contribution in [1.82, 2.24) is 19.5 Å². The van der Waals surface area contributed by atoms with Crippen molar-refractivity contribution in [2.45, 2.75) is 13.5 Å². The van der Waals surface area contributed by atoms with Gasteiger partial charge in [0.1, 0.15) is 0 Å². The first-order valence-corrected chi connectivity index (χ1v) is 6.60. The predicted octanol–water partition coefficient (Wildman–Crippen LogP) is 1.78. The van der Waals surface area contributed by atoms with Crippen LogP contribution in [0.5, 0.6) is 0 Å². The fourth-order valence-corrected chi connectivity index (χ4v) is 2.29. The average molecular weight is 281 g/mol. The number of nitrogens with zero attached hydrogens (tertiary/aromatic N) is 3. The Hall–Kier alpha value is -2.89. The molecule has 2 aromatic heterocycles. The number of hydrogen-bond donors (Lipinski definition) is 2. The Labute approximate surface area is 121 Å². The predicted molar refractivity (Wildman–Crippen MR) is 82.8 cm³/mol. The Kier molecular flexibility index (Phi) is 3.27. The summed E-state index contributed by atoms with van der Waals surface area (Å²) >= 11 is 0. The molecule has 0 bridgehead atoms. The topological polar surface area (TPSA) is 89.6 Å². The number of allylic oxidation sites excluding steroid dienone is 1. The first-order valence-electron chi connectivity index (χ1n) is 6.60. The zero-order valence-corrected chi connectivity index (χ0v) is 11.6. The van der Waals surface area contributed by atoms with E-state index in [1.165, 1.54) is 0 Å². The van der Waals surface area contributed by atoms with Crippen molar-refractivity contribution in [2.24, 2.45) is 0 Å². The molecule has 0 saturated carbocycles. The summed E-state index contributed by atoms with van der Waals surface area (Å²) in [6, 6.07) is 8.06.